The number of amides is 2. The number of nitrogens with zero attached hydrogens (tertiary/aromatic N) is 3. The number of hydrogen-bond donors (Lipinski definition) is 1. The van der Waals surface area contributed by atoms with Crippen molar-refractivity contribution in [1.82, 2.24) is 9.97 Å². The number of thioether (sulfide) groups is 1. The van der Waals surface area contributed by atoms with Gasteiger partial charge in [-0.1, -0.05) is 48.2 Å². The van der Waals surface area contributed by atoms with E-state index >= 15 is 0 Å². The van der Waals surface area contributed by atoms with Gasteiger partial charge in [-0.15, -0.1) is 11.3 Å². The third-order valence-corrected chi connectivity index (χ3v) is 6.78. The molecule has 3 heterocycles. The number of nitrogens with one attached hydrogen (secondary N) is 1. The number of anilines is 2. The Bertz CT molecular complexity index is 1270. The molecule has 0 unspecified atom stereocenters. The van der Waals surface area contributed by atoms with E-state index in [9.17, 15) is 9.59 Å². The van der Waals surface area contributed by atoms with E-state index in [1.54, 1.807) is 17.4 Å². The standard InChI is InChI=1S/C23H18N4O2S2/c28-21-13-27(19-10-4-3-9-18(19)25-21)22(29)14-31-23-16-7-1-2-8-17(16)24-20(26-23)12-15-6-5-11-30-15/h1-11H,12-14H2,(H,25,28). The maximum atomic E-state index is 13.0. The van der Waals surface area contributed by atoms with E-state index in [-0.39, 0.29) is 24.1 Å². The smallest absolute Gasteiger partial charge is 0.244 e. The zero-order valence-corrected chi connectivity index (χ0v) is 18.1. The van der Waals surface area contributed by atoms with Crippen molar-refractivity contribution in [1.29, 1.82) is 0 Å². The third-order valence-electron chi connectivity index (χ3n) is 4.93. The van der Waals surface area contributed by atoms with Crippen molar-refractivity contribution in [2.45, 2.75) is 11.4 Å². The number of para-hydroxylation sites is 3. The molecule has 5 rings (SSSR count). The summed E-state index contributed by atoms with van der Waals surface area (Å²) in [6.45, 7) is 0.0184. The Morgan fingerprint density at radius 2 is 1.90 bits per heavy atom. The Kier molecular flexibility index (Phi) is 5.40. The Hall–Kier alpha value is -3.23. The summed E-state index contributed by atoms with van der Waals surface area (Å²) in [5.74, 6) is 0.595. The second-order valence-electron chi connectivity index (χ2n) is 7.05. The molecule has 1 aliphatic heterocycles. The predicted molar refractivity (Wildman–Crippen MR) is 125 cm³/mol. The van der Waals surface area contributed by atoms with Gasteiger partial charge in [0.05, 0.1) is 22.6 Å². The van der Waals surface area contributed by atoms with Gasteiger partial charge in [-0.2, -0.15) is 0 Å². The van der Waals surface area contributed by atoms with E-state index in [2.05, 4.69) is 11.4 Å². The van der Waals surface area contributed by atoms with Crippen LogP contribution in [0.2, 0.25) is 0 Å². The first-order valence-electron chi connectivity index (χ1n) is 9.77. The summed E-state index contributed by atoms with van der Waals surface area (Å²) in [5, 5.41) is 6.55. The van der Waals surface area contributed by atoms with Crippen LogP contribution in [0.3, 0.4) is 0 Å². The highest BCUT2D eigenvalue weighted by Crippen LogP contribution is 2.31. The molecule has 0 radical (unpaired) electrons. The van der Waals surface area contributed by atoms with Crippen LogP contribution in [0.1, 0.15) is 10.7 Å². The molecular weight excluding hydrogens is 428 g/mol. The van der Waals surface area contributed by atoms with Gasteiger partial charge in [-0.25, -0.2) is 9.97 Å². The van der Waals surface area contributed by atoms with Crippen molar-refractivity contribution < 1.29 is 9.59 Å². The van der Waals surface area contributed by atoms with E-state index in [1.165, 1.54) is 21.5 Å². The Balaban J connectivity index is 1.40. The molecule has 0 saturated carbocycles. The van der Waals surface area contributed by atoms with Crippen molar-refractivity contribution in [3.05, 3.63) is 76.7 Å². The van der Waals surface area contributed by atoms with Crippen molar-refractivity contribution in [3.63, 3.8) is 0 Å². The molecule has 0 aliphatic carbocycles. The van der Waals surface area contributed by atoms with Gasteiger partial charge in [0.25, 0.3) is 0 Å². The van der Waals surface area contributed by atoms with Gasteiger partial charge in [-0.3, -0.25) is 9.59 Å². The number of carbonyl (C=O) groups is 2. The second kappa shape index (κ2) is 8.49. The molecule has 0 atom stereocenters. The van der Waals surface area contributed by atoms with Gasteiger partial charge in [0.1, 0.15) is 17.4 Å². The largest absolute Gasteiger partial charge is 0.323 e. The van der Waals surface area contributed by atoms with E-state index in [1.807, 2.05) is 53.9 Å². The number of hydrogen-bond acceptors (Lipinski definition) is 6. The SMILES string of the molecule is O=C1CN(C(=O)CSc2nc(Cc3cccs3)nc3ccccc23)c2ccccc2N1. The molecule has 2 aromatic carbocycles. The Labute approximate surface area is 187 Å². The molecule has 1 N–H and O–H groups in total. The van der Waals surface area contributed by atoms with Gasteiger partial charge in [0, 0.05) is 16.7 Å². The summed E-state index contributed by atoms with van der Waals surface area (Å²) in [6, 6.07) is 19.3. The molecular formula is C23H18N4O2S2. The summed E-state index contributed by atoms with van der Waals surface area (Å²) in [7, 11) is 0. The second-order valence-corrected chi connectivity index (χ2v) is 9.05. The van der Waals surface area contributed by atoms with Crippen molar-refractivity contribution >= 4 is 57.2 Å². The monoisotopic (exact) mass is 446 g/mol. The number of benzene rings is 2. The molecule has 6 nitrogen and oxygen atoms in total. The third kappa shape index (κ3) is 4.17. The highest BCUT2D eigenvalue weighted by atomic mass is 32.2. The molecule has 4 aromatic rings. The lowest BCUT2D eigenvalue weighted by Crippen LogP contribution is -2.43. The summed E-state index contributed by atoms with van der Waals surface area (Å²) >= 11 is 3.06. The number of rotatable bonds is 5. The molecule has 0 bridgehead atoms. The van der Waals surface area contributed by atoms with E-state index in [0.717, 1.165) is 27.4 Å². The van der Waals surface area contributed by atoms with Crippen molar-refractivity contribution in [3.8, 4) is 0 Å². The van der Waals surface area contributed by atoms with E-state index in [4.69, 9.17) is 9.97 Å². The zero-order valence-electron chi connectivity index (χ0n) is 16.4. The molecule has 2 aromatic heterocycles. The average molecular weight is 447 g/mol. The minimum Gasteiger partial charge on any atom is -0.323 e. The summed E-state index contributed by atoms with van der Waals surface area (Å²) in [4.78, 5) is 37.3. The van der Waals surface area contributed by atoms with Crippen LogP contribution in [0.5, 0.6) is 0 Å². The molecule has 31 heavy (non-hydrogen) atoms. The van der Waals surface area contributed by atoms with Crippen LogP contribution in [0, 0.1) is 0 Å². The fourth-order valence-corrected chi connectivity index (χ4v) is 5.13. The van der Waals surface area contributed by atoms with Crippen LogP contribution in [-0.4, -0.2) is 34.1 Å². The van der Waals surface area contributed by atoms with Crippen molar-refractivity contribution in [2.75, 3.05) is 22.5 Å². The summed E-state index contributed by atoms with van der Waals surface area (Å²) < 4.78 is 0. The molecule has 0 saturated heterocycles. The van der Waals surface area contributed by atoms with Crippen LogP contribution < -0.4 is 10.2 Å². The lowest BCUT2D eigenvalue weighted by atomic mass is 10.2. The first kappa shape index (κ1) is 19.7. The number of fused-ring (bicyclic) bond motifs is 2. The van der Waals surface area contributed by atoms with Gasteiger partial charge in [-0.05, 0) is 29.6 Å². The summed E-state index contributed by atoms with van der Waals surface area (Å²) in [6.07, 6.45) is 0.656. The molecule has 0 spiro atoms. The number of thiophene rings is 1. The first-order valence-corrected chi connectivity index (χ1v) is 11.6. The maximum Gasteiger partial charge on any atom is 0.244 e. The minimum atomic E-state index is -0.192. The highest BCUT2D eigenvalue weighted by molar-refractivity contribution is 8.00. The Morgan fingerprint density at radius 1 is 1.06 bits per heavy atom. The van der Waals surface area contributed by atoms with Crippen LogP contribution in [0.4, 0.5) is 11.4 Å². The van der Waals surface area contributed by atoms with Crippen molar-refractivity contribution in [2.24, 2.45) is 0 Å². The normalized spacial score (nSPS) is 13.2. The van der Waals surface area contributed by atoms with Crippen LogP contribution >= 0.6 is 23.1 Å². The fraction of sp³-hybridized carbons (Fsp3) is 0.130. The fourth-order valence-electron chi connectivity index (χ4n) is 3.52. The van der Waals surface area contributed by atoms with Gasteiger partial charge >= 0.3 is 0 Å². The predicted octanol–water partition coefficient (Wildman–Crippen LogP) is 4.36. The number of carbonyl (C=O) groups excluding carboxylic acids is 2. The van der Waals surface area contributed by atoms with Crippen LogP contribution in [0.15, 0.2) is 71.1 Å². The molecule has 1 aliphatic rings. The molecule has 154 valence electrons. The molecule has 8 heteroatoms. The lowest BCUT2D eigenvalue weighted by molar-refractivity contribution is -0.120. The first-order chi connectivity index (χ1) is 15.2. The van der Waals surface area contributed by atoms with Crippen LogP contribution in [-0.2, 0) is 16.0 Å². The minimum absolute atomic E-state index is 0.0184. The van der Waals surface area contributed by atoms with E-state index in [0.29, 0.717) is 12.1 Å². The molecule has 2 amide bonds. The summed E-state index contributed by atoms with van der Waals surface area (Å²) in [5.41, 5.74) is 2.24. The van der Waals surface area contributed by atoms with Gasteiger partial charge in [0.2, 0.25) is 11.8 Å². The van der Waals surface area contributed by atoms with Gasteiger partial charge in [0.15, 0.2) is 0 Å². The maximum absolute atomic E-state index is 13.0. The average Bonchev–Trinajstić information content (AvgIpc) is 3.29. The quantitative estimate of drug-likeness (QED) is 0.364. The highest BCUT2D eigenvalue weighted by Gasteiger charge is 2.26. The Morgan fingerprint density at radius 3 is 2.77 bits per heavy atom. The molecule has 0 fully saturated rings. The lowest BCUT2D eigenvalue weighted by Gasteiger charge is -2.29. The van der Waals surface area contributed by atoms with E-state index < -0.39 is 0 Å². The van der Waals surface area contributed by atoms with Gasteiger partial charge < -0.3 is 10.2 Å². The zero-order chi connectivity index (χ0) is 21.2. The number of aromatic nitrogens is 2. The van der Waals surface area contributed by atoms with Crippen LogP contribution in [0.25, 0.3) is 10.9 Å². The topological polar surface area (TPSA) is 75.2 Å².